The lowest BCUT2D eigenvalue weighted by Crippen LogP contribution is -2.45. The van der Waals surface area contributed by atoms with Gasteiger partial charge >= 0.3 is 0 Å². The molecule has 1 aliphatic heterocycles. The lowest BCUT2D eigenvalue weighted by Gasteiger charge is -2.35. The van der Waals surface area contributed by atoms with Crippen LogP contribution >= 0.6 is 24.0 Å². The van der Waals surface area contributed by atoms with Crippen molar-refractivity contribution in [1.82, 2.24) is 15.5 Å². The third-order valence-corrected chi connectivity index (χ3v) is 3.76. The molecule has 0 aromatic rings. The van der Waals surface area contributed by atoms with E-state index in [1.54, 1.807) is 0 Å². The Morgan fingerprint density at radius 2 is 1.87 bits per heavy atom. The Morgan fingerprint density at radius 1 is 1.22 bits per heavy atom. The van der Waals surface area contributed by atoms with Crippen molar-refractivity contribution in [2.24, 2.45) is 10.9 Å². The zero-order valence-electron chi connectivity index (χ0n) is 15.6. The zero-order valence-corrected chi connectivity index (χ0v) is 17.9. The fourth-order valence-corrected chi connectivity index (χ4v) is 2.77. The highest BCUT2D eigenvalue weighted by atomic mass is 127. The molecule has 1 aliphatic rings. The lowest BCUT2D eigenvalue weighted by atomic mass is 10.1. The van der Waals surface area contributed by atoms with Crippen molar-refractivity contribution in [2.45, 2.75) is 59.7 Å². The van der Waals surface area contributed by atoms with Gasteiger partial charge in [-0.05, 0) is 39.5 Å². The van der Waals surface area contributed by atoms with Crippen LogP contribution in [0.1, 0.15) is 47.5 Å². The predicted molar refractivity (Wildman–Crippen MR) is 110 cm³/mol. The van der Waals surface area contributed by atoms with E-state index in [4.69, 9.17) is 4.74 Å². The van der Waals surface area contributed by atoms with E-state index in [-0.39, 0.29) is 24.0 Å². The molecule has 0 aliphatic carbocycles. The number of aliphatic imine (C=N–C) groups is 1. The predicted octanol–water partition coefficient (Wildman–Crippen LogP) is 2.70. The normalized spacial score (nSPS) is 22.8. The van der Waals surface area contributed by atoms with Crippen LogP contribution in [0.5, 0.6) is 0 Å². The molecular formula is C17H37IN4O. The second-order valence-electron chi connectivity index (χ2n) is 6.74. The van der Waals surface area contributed by atoms with Crippen molar-refractivity contribution in [2.75, 3.05) is 39.3 Å². The Bertz CT molecular complexity index is 316. The first-order valence-corrected chi connectivity index (χ1v) is 8.91. The fourth-order valence-electron chi connectivity index (χ4n) is 2.77. The summed E-state index contributed by atoms with van der Waals surface area (Å²) in [5.41, 5.74) is 0. The molecule has 0 amide bonds. The van der Waals surface area contributed by atoms with Crippen LogP contribution in [-0.2, 0) is 4.74 Å². The number of hydrogen-bond acceptors (Lipinski definition) is 3. The van der Waals surface area contributed by atoms with Crippen LogP contribution in [0.3, 0.4) is 0 Å². The van der Waals surface area contributed by atoms with E-state index in [0.29, 0.717) is 12.2 Å². The maximum absolute atomic E-state index is 5.77. The van der Waals surface area contributed by atoms with E-state index < -0.39 is 0 Å². The Kier molecular flexibility index (Phi) is 13.2. The number of hydrogen-bond donors (Lipinski definition) is 2. The number of ether oxygens (including phenoxy) is 1. The second-order valence-corrected chi connectivity index (χ2v) is 6.74. The van der Waals surface area contributed by atoms with Gasteiger partial charge in [0, 0.05) is 39.3 Å². The Balaban J connectivity index is 0.00000484. The Hall–Kier alpha value is -0.0800. The highest BCUT2D eigenvalue weighted by molar-refractivity contribution is 14.0. The molecule has 2 atom stereocenters. The molecular weight excluding hydrogens is 403 g/mol. The number of guanidine groups is 1. The molecule has 138 valence electrons. The second kappa shape index (κ2) is 13.2. The van der Waals surface area contributed by atoms with Crippen LogP contribution in [0.4, 0.5) is 0 Å². The Morgan fingerprint density at radius 3 is 2.43 bits per heavy atom. The molecule has 6 heteroatoms. The SMILES string of the molecule is CCNC(=NCCCN1CC(C)OC(C)C1)NCCC(C)C.I. The first-order valence-electron chi connectivity index (χ1n) is 8.91. The lowest BCUT2D eigenvalue weighted by molar-refractivity contribution is -0.0679. The molecule has 0 radical (unpaired) electrons. The first kappa shape index (κ1) is 22.9. The van der Waals surface area contributed by atoms with Gasteiger partial charge in [-0.25, -0.2) is 0 Å². The molecule has 0 bridgehead atoms. The van der Waals surface area contributed by atoms with Crippen molar-refractivity contribution < 1.29 is 4.74 Å². The van der Waals surface area contributed by atoms with E-state index in [9.17, 15) is 0 Å². The van der Waals surface area contributed by atoms with Gasteiger partial charge in [0.2, 0.25) is 0 Å². The van der Waals surface area contributed by atoms with E-state index >= 15 is 0 Å². The number of nitrogens with one attached hydrogen (secondary N) is 2. The van der Waals surface area contributed by atoms with Crippen LogP contribution in [0.2, 0.25) is 0 Å². The van der Waals surface area contributed by atoms with Gasteiger partial charge in [0.1, 0.15) is 0 Å². The summed E-state index contributed by atoms with van der Waals surface area (Å²) in [5.74, 6) is 1.67. The fraction of sp³-hybridized carbons (Fsp3) is 0.941. The van der Waals surface area contributed by atoms with Gasteiger partial charge in [-0.15, -0.1) is 24.0 Å². The highest BCUT2D eigenvalue weighted by Gasteiger charge is 2.21. The molecule has 0 saturated carbocycles. The van der Waals surface area contributed by atoms with Gasteiger partial charge in [0.25, 0.3) is 0 Å². The molecule has 0 aromatic carbocycles. The molecule has 1 heterocycles. The standard InChI is InChI=1S/C17H36N4O.HI/c1-6-18-17(20-10-8-14(2)3)19-9-7-11-21-12-15(4)22-16(5)13-21;/h14-16H,6-13H2,1-5H3,(H2,18,19,20);1H. The number of rotatable bonds is 8. The van der Waals surface area contributed by atoms with Crippen molar-refractivity contribution in [3.05, 3.63) is 0 Å². The number of morpholine rings is 1. The smallest absolute Gasteiger partial charge is 0.191 e. The minimum Gasteiger partial charge on any atom is -0.373 e. The summed E-state index contributed by atoms with van der Waals surface area (Å²) in [6.07, 6.45) is 2.97. The highest BCUT2D eigenvalue weighted by Crippen LogP contribution is 2.10. The van der Waals surface area contributed by atoms with Gasteiger partial charge in [0.05, 0.1) is 12.2 Å². The first-order chi connectivity index (χ1) is 10.5. The average molecular weight is 440 g/mol. The number of nitrogens with zero attached hydrogens (tertiary/aromatic N) is 2. The van der Waals surface area contributed by atoms with Crippen LogP contribution in [-0.4, -0.2) is 62.3 Å². The molecule has 1 saturated heterocycles. The molecule has 2 unspecified atom stereocenters. The Labute approximate surface area is 160 Å². The van der Waals surface area contributed by atoms with Crippen molar-refractivity contribution in [3.8, 4) is 0 Å². The summed E-state index contributed by atoms with van der Waals surface area (Å²) >= 11 is 0. The van der Waals surface area contributed by atoms with Crippen molar-refractivity contribution in [1.29, 1.82) is 0 Å². The topological polar surface area (TPSA) is 48.9 Å². The van der Waals surface area contributed by atoms with Crippen molar-refractivity contribution >= 4 is 29.9 Å². The van der Waals surface area contributed by atoms with Gasteiger partial charge in [-0.1, -0.05) is 13.8 Å². The number of halogens is 1. The molecule has 0 aromatic heterocycles. The van der Waals surface area contributed by atoms with Gasteiger partial charge in [-0.3, -0.25) is 9.89 Å². The van der Waals surface area contributed by atoms with Crippen LogP contribution in [0.15, 0.2) is 4.99 Å². The molecule has 0 spiro atoms. The maximum atomic E-state index is 5.77. The molecule has 1 rings (SSSR count). The molecule has 23 heavy (non-hydrogen) atoms. The van der Waals surface area contributed by atoms with E-state index in [1.807, 2.05) is 0 Å². The summed E-state index contributed by atoms with van der Waals surface area (Å²) in [7, 11) is 0. The summed E-state index contributed by atoms with van der Waals surface area (Å²) in [6, 6.07) is 0. The van der Waals surface area contributed by atoms with Crippen LogP contribution in [0, 0.1) is 5.92 Å². The minimum atomic E-state index is 0. The summed E-state index contributed by atoms with van der Waals surface area (Å²) in [4.78, 5) is 7.16. The summed E-state index contributed by atoms with van der Waals surface area (Å²) in [5, 5.41) is 6.72. The third kappa shape index (κ3) is 11.2. The van der Waals surface area contributed by atoms with Crippen LogP contribution in [0.25, 0.3) is 0 Å². The van der Waals surface area contributed by atoms with Gasteiger partial charge in [0.15, 0.2) is 5.96 Å². The maximum Gasteiger partial charge on any atom is 0.191 e. The largest absolute Gasteiger partial charge is 0.373 e. The summed E-state index contributed by atoms with van der Waals surface area (Å²) < 4.78 is 5.77. The zero-order chi connectivity index (χ0) is 16.4. The van der Waals surface area contributed by atoms with Gasteiger partial charge < -0.3 is 15.4 Å². The molecule has 5 nitrogen and oxygen atoms in total. The summed E-state index contributed by atoms with van der Waals surface area (Å²) in [6.45, 7) is 16.9. The van der Waals surface area contributed by atoms with E-state index in [0.717, 1.165) is 57.6 Å². The minimum absolute atomic E-state index is 0. The monoisotopic (exact) mass is 440 g/mol. The molecule has 2 N–H and O–H groups in total. The van der Waals surface area contributed by atoms with Crippen LogP contribution < -0.4 is 10.6 Å². The van der Waals surface area contributed by atoms with E-state index in [1.165, 1.54) is 6.42 Å². The van der Waals surface area contributed by atoms with Gasteiger partial charge in [-0.2, -0.15) is 0 Å². The quantitative estimate of drug-likeness (QED) is 0.264. The van der Waals surface area contributed by atoms with E-state index in [2.05, 4.69) is 55.1 Å². The third-order valence-electron chi connectivity index (χ3n) is 3.76. The average Bonchev–Trinajstić information content (AvgIpc) is 2.42. The molecule has 1 fully saturated rings. The van der Waals surface area contributed by atoms with Crippen molar-refractivity contribution in [3.63, 3.8) is 0 Å².